The lowest BCUT2D eigenvalue weighted by atomic mass is 10.1. The van der Waals surface area contributed by atoms with E-state index in [0.29, 0.717) is 6.54 Å². The van der Waals surface area contributed by atoms with E-state index in [1.54, 1.807) is 12.1 Å². The Balaban J connectivity index is 1.94. The van der Waals surface area contributed by atoms with Gasteiger partial charge in [0.2, 0.25) is 0 Å². The summed E-state index contributed by atoms with van der Waals surface area (Å²) in [5.74, 6) is 0.730. The SMILES string of the molecule is Cc1nc2c(-c3ccc(F)cc3)c(C)nn2c(N2CCC[C@H](O)C2)c1C. The molecule has 1 N–H and O–H groups in total. The first-order chi connectivity index (χ1) is 12.5. The molecule has 26 heavy (non-hydrogen) atoms. The minimum atomic E-state index is -0.320. The Morgan fingerprint density at radius 2 is 1.85 bits per heavy atom. The number of aryl methyl sites for hydroxylation is 2. The molecule has 1 fully saturated rings. The van der Waals surface area contributed by atoms with Crippen LogP contribution in [0.3, 0.4) is 0 Å². The predicted octanol–water partition coefficient (Wildman–Crippen LogP) is 3.42. The number of nitrogens with zero attached hydrogens (tertiary/aromatic N) is 4. The lowest BCUT2D eigenvalue weighted by Crippen LogP contribution is -2.40. The van der Waals surface area contributed by atoms with Crippen molar-refractivity contribution < 1.29 is 9.50 Å². The number of aliphatic hydroxyl groups excluding tert-OH is 1. The van der Waals surface area contributed by atoms with Crippen molar-refractivity contribution in [3.8, 4) is 11.1 Å². The zero-order valence-electron chi connectivity index (χ0n) is 15.3. The summed E-state index contributed by atoms with van der Waals surface area (Å²) in [4.78, 5) is 6.99. The normalized spacial score (nSPS) is 17.9. The number of aromatic nitrogens is 3. The molecule has 1 aromatic carbocycles. The molecular formula is C20H23FN4O. The highest BCUT2D eigenvalue weighted by atomic mass is 19.1. The Hall–Kier alpha value is -2.47. The number of rotatable bonds is 2. The van der Waals surface area contributed by atoms with Crippen LogP contribution in [0, 0.1) is 26.6 Å². The van der Waals surface area contributed by atoms with Crippen LogP contribution in [-0.2, 0) is 0 Å². The van der Waals surface area contributed by atoms with Crippen molar-refractivity contribution in [2.45, 2.75) is 39.7 Å². The number of β-amino-alcohol motifs (C(OH)–C–C–N with tert-alkyl or cyclic N) is 1. The molecule has 1 aliphatic rings. The molecule has 0 spiro atoms. The first-order valence-corrected chi connectivity index (χ1v) is 9.01. The molecule has 0 bridgehead atoms. The summed E-state index contributed by atoms with van der Waals surface area (Å²) in [6.07, 6.45) is 1.47. The van der Waals surface area contributed by atoms with Gasteiger partial charge in [-0.25, -0.2) is 9.37 Å². The number of hydrogen-bond donors (Lipinski definition) is 1. The molecule has 0 radical (unpaired) electrons. The fraction of sp³-hybridized carbons (Fsp3) is 0.400. The van der Waals surface area contributed by atoms with Crippen molar-refractivity contribution in [3.63, 3.8) is 0 Å². The number of benzene rings is 1. The third-order valence-corrected chi connectivity index (χ3v) is 5.22. The highest BCUT2D eigenvalue weighted by molar-refractivity contribution is 5.81. The topological polar surface area (TPSA) is 53.7 Å². The van der Waals surface area contributed by atoms with E-state index in [2.05, 4.69) is 4.90 Å². The van der Waals surface area contributed by atoms with Crippen LogP contribution in [-0.4, -0.2) is 38.9 Å². The Morgan fingerprint density at radius 3 is 2.54 bits per heavy atom. The second-order valence-electron chi connectivity index (χ2n) is 7.09. The maximum atomic E-state index is 13.3. The summed E-state index contributed by atoms with van der Waals surface area (Å²) in [5.41, 5.74) is 5.46. The summed E-state index contributed by atoms with van der Waals surface area (Å²) < 4.78 is 15.2. The van der Waals surface area contributed by atoms with E-state index in [1.807, 2.05) is 25.3 Å². The van der Waals surface area contributed by atoms with Gasteiger partial charge in [0.1, 0.15) is 11.6 Å². The van der Waals surface area contributed by atoms with E-state index in [-0.39, 0.29) is 11.9 Å². The van der Waals surface area contributed by atoms with Crippen LogP contribution in [0.25, 0.3) is 16.8 Å². The molecule has 1 aliphatic heterocycles. The summed E-state index contributed by atoms with van der Waals surface area (Å²) in [6, 6.07) is 6.45. The van der Waals surface area contributed by atoms with Crippen molar-refractivity contribution >= 4 is 11.5 Å². The van der Waals surface area contributed by atoms with Gasteiger partial charge in [-0.05, 0) is 51.3 Å². The molecule has 1 atom stereocenters. The smallest absolute Gasteiger partial charge is 0.165 e. The zero-order chi connectivity index (χ0) is 18.4. The van der Waals surface area contributed by atoms with Gasteiger partial charge >= 0.3 is 0 Å². The lowest BCUT2D eigenvalue weighted by molar-refractivity contribution is 0.153. The average Bonchev–Trinajstić information content (AvgIpc) is 2.92. The molecule has 6 heteroatoms. The number of anilines is 1. The molecule has 3 heterocycles. The first-order valence-electron chi connectivity index (χ1n) is 9.01. The Bertz CT molecular complexity index is 964. The molecule has 136 valence electrons. The largest absolute Gasteiger partial charge is 0.391 e. The van der Waals surface area contributed by atoms with Gasteiger partial charge in [-0.15, -0.1) is 0 Å². The number of hydrogen-bond acceptors (Lipinski definition) is 4. The molecule has 0 aliphatic carbocycles. The summed E-state index contributed by atoms with van der Waals surface area (Å²) >= 11 is 0. The van der Waals surface area contributed by atoms with Crippen LogP contribution in [0.2, 0.25) is 0 Å². The molecular weight excluding hydrogens is 331 g/mol. The van der Waals surface area contributed by atoms with Crippen molar-refractivity contribution in [1.29, 1.82) is 0 Å². The predicted molar refractivity (Wildman–Crippen MR) is 100 cm³/mol. The molecule has 0 amide bonds. The summed E-state index contributed by atoms with van der Waals surface area (Å²) in [5, 5.41) is 14.9. The summed E-state index contributed by atoms with van der Waals surface area (Å²) in [6.45, 7) is 7.49. The van der Waals surface area contributed by atoms with Gasteiger partial charge in [-0.3, -0.25) is 0 Å². The van der Waals surface area contributed by atoms with Gasteiger partial charge in [0.25, 0.3) is 0 Å². The van der Waals surface area contributed by atoms with Crippen LogP contribution in [0.1, 0.15) is 29.8 Å². The third-order valence-electron chi connectivity index (χ3n) is 5.22. The van der Waals surface area contributed by atoms with E-state index in [1.165, 1.54) is 12.1 Å². The fourth-order valence-corrected chi connectivity index (χ4v) is 3.80. The maximum Gasteiger partial charge on any atom is 0.165 e. The van der Waals surface area contributed by atoms with Crippen LogP contribution in [0.15, 0.2) is 24.3 Å². The minimum Gasteiger partial charge on any atom is -0.391 e. The molecule has 1 saturated heterocycles. The van der Waals surface area contributed by atoms with E-state index in [4.69, 9.17) is 10.1 Å². The molecule has 5 nitrogen and oxygen atoms in total. The number of fused-ring (bicyclic) bond motifs is 1. The Labute approximate surface area is 152 Å². The second-order valence-corrected chi connectivity index (χ2v) is 7.09. The van der Waals surface area contributed by atoms with Crippen molar-refractivity contribution in [3.05, 3.63) is 47.0 Å². The van der Waals surface area contributed by atoms with Crippen molar-refractivity contribution in [2.75, 3.05) is 18.0 Å². The van der Waals surface area contributed by atoms with Crippen molar-refractivity contribution in [2.24, 2.45) is 0 Å². The van der Waals surface area contributed by atoms with E-state index >= 15 is 0 Å². The molecule has 2 aromatic heterocycles. The van der Waals surface area contributed by atoms with E-state index in [9.17, 15) is 9.50 Å². The number of piperidine rings is 1. The zero-order valence-corrected chi connectivity index (χ0v) is 15.3. The van der Waals surface area contributed by atoms with Crippen LogP contribution in [0.5, 0.6) is 0 Å². The Kier molecular flexibility index (Phi) is 4.15. The van der Waals surface area contributed by atoms with Gasteiger partial charge in [0.05, 0.1) is 11.8 Å². The maximum absolute atomic E-state index is 13.3. The minimum absolute atomic E-state index is 0.258. The lowest BCUT2D eigenvalue weighted by Gasteiger charge is -2.33. The van der Waals surface area contributed by atoms with Gasteiger partial charge in [0, 0.05) is 29.9 Å². The monoisotopic (exact) mass is 354 g/mol. The van der Waals surface area contributed by atoms with Crippen LogP contribution >= 0.6 is 0 Å². The van der Waals surface area contributed by atoms with Crippen molar-refractivity contribution in [1.82, 2.24) is 14.6 Å². The first kappa shape index (κ1) is 17.0. The quantitative estimate of drug-likeness (QED) is 0.766. The highest BCUT2D eigenvalue weighted by Gasteiger charge is 2.25. The Morgan fingerprint density at radius 1 is 1.12 bits per heavy atom. The van der Waals surface area contributed by atoms with Gasteiger partial charge in [-0.1, -0.05) is 12.1 Å². The molecule has 3 aromatic rings. The third kappa shape index (κ3) is 2.74. The molecule has 0 saturated carbocycles. The average molecular weight is 354 g/mol. The van der Waals surface area contributed by atoms with Gasteiger partial charge in [-0.2, -0.15) is 9.61 Å². The van der Waals surface area contributed by atoms with Gasteiger partial charge in [0.15, 0.2) is 5.65 Å². The fourth-order valence-electron chi connectivity index (χ4n) is 3.80. The molecule has 0 unspecified atom stereocenters. The standard InChI is InChI=1S/C20H23FN4O/c1-12-13(2)22-19-18(15-6-8-16(21)9-7-15)14(3)23-25(19)20(12)24-10-4-5-17(26)11-24/h6-9,17,26H,4-5,10-11H2,1-3H3/t17-/m0/s1. The van der Waals surface area contributed by atoms with E-state index < -0.39 is 0 Å². The van der Waals surface area contributed by atoms with Crippen LogP contribution < -0.4 is 4.90 Å². The second kappa shape index (κ2) is 6.36. The number of aliphatic hydroxyl groups is 1. The van der Waals surface area contributed by atoms with Gasteiger partial charge < -0.3 is 10.0 Å². The van der Waals surface area contributed by atoms with Crippen LogP contribution in [0.4, 0.5) is 10.2 Å². The highest BCUT2D eigenvalue weighted by Crippen LogP contribution is 2.33. The summed E-state index contributed by atoms with van der Waals surface area (Å²) in [7, 11) is 0. The van der Waals surface area contributed by atoms with E-state index in [0.717, 1.165) is 58.9 Å². The number of halogens is 1. The molecule has 4 rings (SSSR count).